The second kappa shape index (κ2) is 7.34. The van der Waals surface area contributed by atoms with Gasteiger partial charge in [-0.05, 0) is 35.9 Å². The minimum absolute atomic E-state index is 0.135. The Bertz CT molecular complexity index is 1040. The van der Waals surface area contributed by atoms with E-state index < -0.39 is 15.8 Å². The van der Waals surface area contributed by atoms with Gasteiger partial charge in [0, 0.05) is 44.3 Å². The lowest BCUT2D eigenvalue weighted by Gasteiger charge is -2.34. The fourth-order valence-corrected chi connectivity index (χ4v) is 4.84. The van der Waals surface area contributed by atoms with Crippen molar-refractivity contribution in [3.8, 4) is 0 Å². The van der Waals surface area contributed by atoms with Crippen LogP contribution in [0.1, 0.15) is 5.56 Å². The van der Waals surface area contributed by atoms with Crippen LogP contribution in [0, 0.1) is 5.82 Å². The highest BCUT2D eigenvalue weighted by Gasteiger charge is 2.28. The predicted molar refractivity (Wildman–Crippen MR) is 102 cm³/mol. The van der Waals surface area contributed by atoms with Crippen LogP contribution in [0.3, 0.4) is 0 Å². The summed E-state index contributed by atoms with van der Waals surface area (Å²) < 4.78 is 40.0. The van der Waals surface area contributed by atoms with Gasteiger partial charge in [0.2, 0.25) is 10.0 Å². The van der Waals surface area contributed by atoms with Crippen molar-refractivity contribution in [2.45, 2.75) is 11.4 Å². The van der Waals surface area contributed by atoms with Gasteiger partial charge in [-0.25, -0.2) is 12.8 Å². The molecule has 1 saturated heterocycles. The number of aromatic nitrogens is 1. The van der Waals surface area contributed by atoms with E-state index in [1.54, 1.807) is 6.20 Å². The number of fused-ring (bicyclic) bond motifs is 1. The third-order valence-corrected chi connectivity index (χ3v) is 6.81. The maximum atomic E-state index is 13.1. The molecule has 4 rings (SSSR count). The van der Waals surface area contributed by atoms with Crippen molar-refractivity contribution in [2.75, 3.05) is 26.2 Å². The van der Waals surface area contributed by atoms with Gasteiger partial charge in [0.1, 0.15) is 5.82 Å². The Hall–Kier alpha value is -2.35. The van der Waals surface area contributed by atoms with Crippen molar-refractivity contribution in [3.05, 3.63) is 72.2 Å². The first kappa shape index (κ1) is 18.0. The molecule has 0 N–H and O–H groups in total. The van der Waals surface area contributed by atoms with E-state index >= 15 is 0 Å². The Morgan fingerprint density at radius 2 is 1.63 bits per heavy atom. The van der Waals surface area contributed by atoms with Gasteiger partial charge >= 0.3 is 0 Å². The predicted octanol–water partition coefficient (Wildman–Crippen LogP) is 2.88. The molecule has 140 valence electrons. The van der Waals surface area contributed by atoms with Crippen molar-refractivity contribution in [1.29, 1.82) is 0 Å². The Morgan fingerprint density at radius 3 is 2.37 bits per heavy atom. The van der Waals surface area contributed by atoms with E-state index in [4.69, 9.17) is 0 Å². The summed E-state index contributed by atoms with van der Waals surface area (Å²) >= 11 is 0. The number of para-hydroxylation sites is 1. The van der Waals surface area contributed by atoms with E-state index in [0.29, 0.717) is 26.2 Å². The molecule has 3 aromatic rings. The molecule has 1 aliphatic heterocycles. The van der Waals surface area contributed by atoms with Crippen molar-refractivity contribution in [2.24, 2.45) is 0 Å². The minimum Gasteiger partial charge on any atom is -0.296 e. The molecule has 5 nitrogen and oxygen atoms in total. The lowest BCUT2D eigenvalue weighted by Crippen LogP contribution is -2.48. The average Bonchev–Trinajstić information content (AvgIpc) is 2.69. The molecule has 2 heterocycles. The summed E-state index contributed by atoms with van der Waals surface area (Å²) in [5, 5.41) is 1.10. The Kier molecular flexibility index (Phi) is 4.90. The Labute approximate surface area is 158 Å². The molecule has 1 aromatic heterocycles. The van der Waals surface area contributed by atoms with Crippen molar-refractivity contribution in [3.63, 3.8) is 0 Å². The lowest BCUT2D eigenvalue weighted by atomic mass is 10.1. The summed E-state index contributed by atoms with van der Waals surface area (Å²) in [6.45, 7) is 2.85. The third kappa shape index (κ3) is 3.71. The van der Waals surface area contributed by atoms with Crippen LogP contribution in [0.25, 0.3) is 10.9 Å². The largest absolute Gasteiger partial charge is 0.296 e. The molecule has 0 aliphatic carbocycles. The fraction of sp³-hybridized carbons (Fsp3) is 0.250. The lowest BCUT2D eigenvalue weighted by molar-refractivity contribution is 0.182. The maximum absolute atomic E-state index is 13.1. The second-order valence-corrected chi connectivity index (χ2v) is 8.56. The number of nitrogens with zero attached hydrogens (tertiary/aromatic N) is 3. The highest BCUT2D eigenvalue weighted by molar-refractivity contribution is 7.89. The number of sulfonamides is 1. The second-order valence-electron chi connectivity index (χ2n) is 6.63. The topological polar surface area (TPSA) is 53.5 Å². The van der Waals surface area contributed by atoms with E-state index in [1.807, 2.05) is 24.3 Å². The van der Waals surface area contributed by atoms with Crippen molar-refractivity contribution < 1.29 is 12.8 Å². The maximum Gasteiger partial charge on any atom is 0.243 e. The Balaban J connectivity index is 1.45. The van der Waals surface area contributed by atoms with Crippen LogP contribution in [0.15, 0.2) is 65.7 Å². The number of pyridine rings is 1. The van der Waals surface area contributed by atoms with Gasteiger partial charge < -0.3 is 0 Å². The normalized spacial score (nSPS) is 16.6. The number of hydrogen-bond donors (Lipinski definition) is 0. The summed E-state index contributed by atoms with van der Waals surface area (Å²) in [4.78, 5) is 6.86. The number of benzene rings is 2. The van der Waals surface area contributed by atoms with Crippen LogP contribution in [-0.4, -0.2) is 48.8 Å². The van der Waals surface area contributed by atoms with Gasteiger partial charge in [0.25, 0.3) is 0 Å². The quantitative estimate of drug-likeness (QED) is 0.693. The first-order chi connectivity index (χ1) is 13.0. The molecule has 27 heavy (non-hydrogen) atoms. The van der Waals surface area contributed by atoms with E-state index in [9.17, 15) is 12.8 Å². The summed E-state index contributed by atoms with van der Waals surface area (Å²) in [6, 6.07) is 15.1. The average molecular weight is 385 g/mol. The molecule has 1 fully saturated rings. The van der Waals surface area contributed by atoms with Crippen LogP contribution in [0.5, 0.6) is 0 Å². The van der Waals surface area contributed by atoms with Gasteiger partial charge in [-0.2, -0.15) is 4.31 Å². The molecule has 0 radical (unpaired) electrons. The van der Waals surface area contributed by atoms with Gasteiger partial charge in [-0.15, -0.1) is 0 Å². The number of rotatable bonds is 4. The van der Waals surface area contributed by atoms with Gasteiger partial charge in [0.05, 0.1) is 10.4 Å². The van der Waals surface area contributed by atoms with Gasteiger partial charge in [-0.1, -0.05) is 24.3 Å². The Morgan fingerprint density at radius 1 is 0.926 bits per heavy atom. The molecule has 0 spiro atoms. The summed E-state index contributed by atoms with van der Waals surface area (Å²) in [7, 11) is -3.58. The van der Waals surface area contributed by atoms with Gasteiger partial charge in [-0.3, -0.25) is 9.88 Å². The zero-order chi connectivity index (χ0) is 18.9. The SMILES string of the molecule is O=S(=O)(c1ccc(F)cc1)N1CCN(Cc2cccc3cccnc23)CC1. The van der Waals surface area contributed by atoms with E-state index in [2.05, 4.69) is 16.0 Å². The van der Waals surface area contributed by atoms with Crippen molar-refractivity contribution in [1.82, 2.24) is 14.2 Å². The molecule has 0 amide bonds. The fourth-order valence-electron chi connectivity index (χ4n) is 3.42. The summed E-state index contributed by atoms with van der Waals surface area (Å²) in [5.41, 5.74) is 2.13. The zero-order valence-electron chi connectivity index (χ0n) is 14.8. The van der Waals surface area contributed by atoms with Crippen LogP contribution < -0.4 is 0 Å². The van der Waals surface area contributed by atoms with Crippen LogP contribution in [0.2, 0.25) is 0 Å². The first-order valence-corrected chi connectivity index (χ1v) is 10.3. The monoisotopic (exact) mass is 385 g/mol. The van der Waals surface area contributed by atoms with Gasteiger partial charge in [0.15, 0.2) is 0 Å². The molecular formula is C20H20FN3O2S. The first-order valence-electron chi connectivity index (χ1n) is 8.85. The number of halogens is 1. The molecule has 0 atom stereocenters. The standard InChI is InChI=1S/C20H20FN3O2S/c21-18-6-8-19(9-7-18)27(25,26)24-13-11-23(12-14-24)15-17-4-1-3-16-5-2-10-22-20(16)17/h1-10H,11-15H2. The van der Waals surface area contributed by atoms with E-state index in [-0.39, 0.29) is 4.90 Å². The highest BCUT2D eigenvalue weighted by Crippen LogP contribution is 2.21. The molecule has 0 bridgehead atoms. The van der Waals surface area contributed by atoms with Crippen LogP contribution in [-0.2, 0) is 16.6 Å². The molecule has 7 heteroatoms. The van der Waals surface area contributed by atoms with E-state index in [0.717, 1.165) is 23.0 Å². The van der Waals surface area contributed by atoms with Crippen LogP contribution in [0.4, 0.5) is 4.39 Å². The molecule has 0 saturated carbocycles. The molecule has 2 aromatic carbocycles. The zero-order valence-corrected chi connectivity index (χ0v) is 15.6. The summed E-state index contributed by atoms with van der Waals surface area (Å²) in [5.74, 6) is -0.442. The molecular weight excluding hydrogens is 365 g/mol. The number of piperazine rings is 1. The van der Waals surface area contributed by atoms with E-state index in [1.165, 1.54) is 28.6 Å². The number of hydrogen-bond acceptors (Lipinski definition) is 4. The third-order valence-electron chi connectivity index (χ3n) is 4.89. The molecule has 1 aliphatic rings. The van der Waals surface area contributed by atoms with Crippen molar-refractivity contribution >= 4 is 20.9 Å². The molecule has 0 unspecified atom stereocenters. The minimum atomic E-state index is -3.58. The smallest absolute Gasteiger partial charge is 0.243 e. The summed E-state index contributed by atoms with van der Waals surface area (Å²) in [6.07, 6.45) is 1.79. The highest BCUT2D eigenvalue weighted by atomic mass is 32.2. The van der Waals surface area contributed by atoms with Crippen LogP contribution >= 0.6 is 0 Å².